The monoisotopic (exact) mass is 312 g/mol. The van der Waals surface area contributed by atoms with Gasteiger partial charge in [0.05, 0.1) is 12.3 Å². The van der Waals surface area contributed by atoms with Crippen molar-refractivity contribution in [1.29, 1.82) is 0 Å². The van der Waals surface area contributed by atoms with E-state index in [1.54, 1.807) is 11.3 Å². The summed E-state index contributed by atoms with van der Waals surface area (Å²) in [6.07, 6.45) is 3.66. The van der Waals surface area contributed by atoms with E-state index >= 15 is 0 Å². The summed E-state index contributed by atoms with van der Waals surface area (Å²) in [4.78, 5) is 16.8. The third kappa shape index (κ3) is 4.68. The fourth-order valence-electron chi connectivity index (χ4n) is 2.39. The molecular formula is C15H24N2O3S. The van der Waals surface area contributed by atoms with Gasteiger partial charge in [0.2, 0.25) is 0 Å². The van der Waals surface area contributed by atoms with Crippen molar-refractivity contribution in [3.63, 3.8) is 0 Å². The zero-order valence-electron chi connectivity index (χ0n) is 12.7. The number of aromatic nitrogens is 1. The molecule has 118 valence electrons. The average molecular weight is 312 g/mol. The minimum atomic E-state index is -0.759. The number of aryl methyl sites for hydroxylation is 1. The van der Waals surface area contributed by atoms with Crippen LogP contribution in [0.15, 0.2) is 0 Å². The van der Waals surface area contributed by atoms with Crippen LogP contribution in [0.3, 0.4) is 0 Å². The second-order valence-electron chi connectivity index (χ2n) is 5.83. The molecule has 0 aliphatic heterocycles. The molecule has 21 heavy (non-hydrogen) atoms. The summed E-state index contributed by atoms with van der Waals surface area (Å²) in [7, 11) is 0. The molecule has 1 aliphatic carbocycles. The lowest BCUT2D eigenvalue weighted by Gasteiger charge is -2.16. The first-order valence-corrected chi connectivity index (χ1v) is 8.43. The number of nitrogens with zero attached hydrogens (tertiary/aromatic N) is 1. The van der Waals surface area contributed by atoms with Crippen LogP contribution >= 0.6 is 11.3 Å². The Kier molecular flexibility index (Phi) is 5.99. The normalized spacial score (nSPS) is 17.8. The van der Waals surface area contributed by atoms with Gasteiger partial charge in [-0.2, -0.15) is 0 Å². The number of nitrogens with one attached hydrogen (secondary N) is 1. The fourth-order valence-corrected chi connectivity index (χ4v) is 3.48. The first-order chi connectivity index (χ1) is 10.1. The summed E-state index contributed by atoms with van der Waals surface area (Å²) in [5, 5.41) is 13.3. The largest absolute Gasteiger partial charge is 0.481 e. The first-order valence-electron chi connectivity index (χ1n) is 7.62. The Bertz CT molecular complexity index is 473. The van der Waals surface area contributed by atoms with Crippen LogP contribution in [0.4, 0.5) is 5.13 Å². The summed E-state index contributed by atoms with van der Waals surface area (Å²) in [5.74, 6) is -0.524. The highest BCUT2D eigenvalue weighted by molar-refractivity contribution is 7.15. The molecule has 0 bridgehead atoms. The molecular weight excluding hydrogens is 288 g/mol. The first kappa shape index (κ1) is 16.2. The smallest absolute Gasteiger partial charge is 0.312 e. The van der Waals surface area contributed by atoms with Gasteiger partial charge < -0.3 is 15.2 Å². The standard InChI is InChI=1S/C15H24N2O3S/c1-10(2)6-8-20-9-7-16-15-17-13-11(14(18)19)4-3-5-12(13)21-15/h10-11H,3-9H2,1-2H3,(H,16,17)(H,18,19). The highest BCUT2D eigenvalue weighted by Gasteiger charge is 2.29. The van der Waals surface area contributed by atoms with Crippen LogP contribution in [0.25, 0.3) is 0 Å². The number of hydrogen-bond donors (Lipinski definition) is 2. The van der Waals surface area contributed by atoms with Crippen LogP contribution in [-0.4, -0.2) is 35.8 Å². The number of hydrogen-bond acceptors (Lipinski definition) is 5. The number of carboxylic acid groups (broad SMARTS) is 1. The van der Waals surface area contributed by atoms with Crippen molar-refractivity contribution < 1.29 is 14.6 Å². The number of ether oxygens (including phenoxy) is 1. The van der Waals surface area contributed by atoms with Crippen molar-refractivity contribution in [3.05, 3.63) is 10.6 Å². The van der Waals surface area contributed by atoms with Crippen LogP contribution in [0.5, 0.6) is 0 Å². The molecule has 5 nitrogen and oxygen atoms in total. The van der Waals surface area contributed by atoms with Gasteiger partial charge in [-0.05, 0) is 31.6 Å². The lowest BCUT2D eigenvalue weighted by atomic mass is 9.91. The molecule has 1 aliphatic rings. The lowest BCUT2D eigenvalue weighted by molar-refractivity contribution is -0.139. The highest BCUT2D eigenvalue weighted by Crippen LogP contribution is 2.36. The van der Waals surface area contributed by atoms with Gasteiger partial charge in [-0.15, -0.1) is 11.3 Å². The number of carbonyl (C=O) groups is 1. The maximum atomic E-state index is 11.2. The molecule has 1 atom stereocenters. The SMILES string of the molecule is CC(C)CCOCCNc1nc2c(s1)CCCC2C(=O)O. The molecule has 1 aromatic rings. The number of aliphatic carboxylic acids is 1. The van der Waals surface area contributed by atoms with E-state index in [1.807, 2.05) is 0 Å². The van der Waals surface area contributed by atoms with Crippen molar-refractivity contribution in [2.45, 2.75) is 45.4 Å². The van der Waals surface area contributed by atoms with E-state index in [0.717, 1.165) is 41.6 Å². The molecule has 1 unspecified atom stereocenters. The van der Waals surface area contributed by atoms with Gasteiger partial charge in [0.1, 0.15) is 5.92 Å². The summed E-state index contributed by atoms with van der Waals surface area (Å²) < 4.78 is 5.55. The van der Waals surface area contributed by atoms with E-state index in [4.69, 9.17) is 4.74 Å². The van der Waals surface area contributed by atoms with E-state index in [9.17, 15) is 9.90 Å². The Balaban J connectivity index is 1.79. The predicted octanol–water partition coefficient (Wildman–Crippen LogP) is 3.12. The molecule has 0 saturated heterocycles. The molecule has 0 radical (unpaired) electrons. The number of anilines is 1. The van der Waals surface area contributed by atoms with E-state index < -0.39 is 11.9 Å². The van der Waals surface area contributed by atoms with Gasteiger partial charge in [-0.25, -0.2) is 4.98 Å². The third-order valence-corrected chi connectivity index (χ3v) is 4.70. The van der Waals surface area contributed by atoms with Crippen LogP contribution < -0.4 is 5.32 Å². The maximum Gasteiger partial charge on any atom is 0.312 e. The Labute approximate surface area is 129 Å². The van der Waals surface area contributed by atoms with Crippen molar-refractivity contribution in [1.82, 2.24) is 4.98 Å². The van der Waals surface area contributed by atoms with E-state index in [0.29, 0.717) is 25.5 Å². The molecule has 0 spiro atoms. The van der Waals surface area contributed by atoms with Crippen molar-refractivity contribution >= 4 is 22.4 Å². The van der Waals surface area contributed by atoms with Gasteiger partial charge in [-0.1, -0.05) is 13.8 Å². The highest BCUT2D eigenvalue weighted by atomic mass is 32.1. The Hall–Kier alpha value is -1.14. The van der Waals surface area contributed by atoms with Crippen molar-refractivity contribution in [2.75, 3.05) is 25.1 Å². The lowest BCUT2D eigenvalue weighted by Crippen LogP contribution is -2.17. The fraction of sp³-hybridized carbons (Fsp3) is 0.733. The van der Waals surface area contributed by atoms with Crippen molar-refractivity contribution in [3.8, 4) is 0 Å². The Morgan fingerprint density at radius 1 is 1.52 bits per heavy atom. The quantitative estimate of drug-likeness (QED) is 0.722. The molecule has 0 saturated carbocycles. The van der Waals surface area contributed by atoms with E-state index in [-0.39, 0.29) is 0 Å². The van der Waals surface area contributed by atoms with Crippen molar-refractivity contribution in [2.24, 2.45) is 5.92 Å². The van der Waals surface area contributed by atoms with Gasteiger partial charge in [0.15, 0.2) is 5.13 Å². The number of carboxylic acids is 1. The maximum absolute atomic E-state index is 11.2. The molecule has 2 rings (SSSR count). The molecule has 1 heterocycles. The minimum Gasteiger partial charge on any atom is -0.481 e. The molecule has 6 heteroatoms. The molecule has 0 fully saturated rings. The van der Waals surface area contributed by atoms with E-state index in [1.165, 1.54) is 0 Å². The number of thiazole rings is 1. The van der Waals surface area contributed by atoms with Gasteiger partial charge >= 0.3 is 5.97 Å². The second-order valence-corrected chi connectivity index (χ2v) is 6.92. The molecule has 0 aromatic carbocycles. The minimum absolute atomic E-state index is 0.428. The van der Waals surface area contributed by atoms with Gasteiger partial charge in [-0.3, -0.25) is 4.79 Å². The van der Waals surface area contributed by atoms with Crippen LogP contribution in [0.2, 0.25) is 0 Å². The molecule has 1 aromatic heterocycles. The number of rotatable bonds is 8. The van der Waals surface area contributed by atoms with Crippen LogP contribution in [-0.2, 0) is 16.0 Å². The summed E-state index contributed by atoms with van der Waals surface area (Å²) in [5.41, 5.74) is 0.766. The average Bonchev–Trinajstić information content (AvgIpc) is 2.84. The van der Waals surface area contributed by atoms with Crippen LogP contribution in [0.1, 0.15) is 49.6 Å². The summed E-state index contributed by atoms with van der Waals surface area (Å²) in [6, 6.07) is 0. The summed E-state index contributed by atoms with van der Waals surface area (Å²) >= 11 is 1.58. The Morgan fingerprint density at radius 3 is 3.05 bits per heavy atom. The zero-order chi connectivity index (χ0) is 15.2. The topological polar surface area (TPSA) is 71.5 Å². The Morgan fingerprint density at radius 2 is 2.33 bits per heavy atom. The van der Waals surface area contributed by atoms with Gasteiger partial charge in [0.25, 0.3) is 0 Å². The molecule has 0 amide bonds. The van der Waals surface area contributed by atoms with Crippen LogP contribution in [0, 0.1) is 5.92 Å². The molecule has 2 N–H and O–H groups in total. The number of fused-ring (bicyclic) bond motifs is 1. The van der Waals surface area contributed by atoms with Gasteiger partial charge in [0, 0.05) is 18.0 Å². The predicted molar refractivity (Wildman–Crippen MR) is 84.2 cm³/mol. The van der Waals surface area contributed by atoms with E-state index in [2.05, 4.69) is 24.1 Å². The third-order valence-electron chi connectivity index (χ3n) is 3.61. The summed E-state index contributed by atoms with van der Waals surface area (Å²) in [6.45, 7) is 6.51. The zero-order valence-corrected chi connectivity index (χ0v) is 13.5. The second kappa shape index (κ2) is 7.75.